The summed E-state index contributed by atoms with van der Waals surface area (Å²) in [5.41, 5.74) is 4.28. The van der Waals surface area contributed by atoms with E-state index < -0.39 is 0 Å². The van der Waals surface area contributed by atoms with Gasteiger partial charge in [0.15, 0.2) is 0 Å². The van der Waals surface area contributed by atoms with E-state index in [2.05, 4.69) is 10.6 Å². The van der Waals surface area contributed by atoms with Gasteiger partial charge in [0.05, 0.1) is 4.91 Å². The highest BCUT2D eigenvalue weighted by molar-refractivity contribution is 8.26. The molecule has 5 fully saturated rings. The van der Waals surface area contributed by atoms with Crippen molar-refractivity contribution in [3.05, 3.63) is 51.5 Å². The number of aryl methyl sites for hydroxylation is 1. The number of aliphatic hydroxyl groups is 1. The van der Waals surface area contributed by atoms with Gasteiger partial charge in [-0.25, -0.2) is 0 Å². The quantitative estimate of drug-likeness (QED) is 0.354. The van der Waals surface area contributed by atoms with Crippen LogP contribution in [0, 0.1) is 23.7 Å². The average molecular weight is 527 g/mol. The first-order valence-corrected chi connectivity index (χ1v) is 14.4. The number of thiocarbonyl (C=S) groups is 1. The maximum absolute atomic E-state index is 13.8. The minimum absolute atomic E-state index is 0.0832. The van der Waals surface area contributed by atoms with Crippen molar-refractivity contribution in [3.63, 3.8) is 0 Å². The lowest BCUT2D eigenvalue weighted by atomic mass is 9.54. The van der Waals surface area contributed by atoms with E-state index in [0.29, 0.717) is 23.3 Å². The molecule has 4 aliphatic carbocycles. The van der Waals surface area contributed by atoms with Crippen LogP contribution in [-0.2, 0) is 18.3 Å². The molecule has 0 spiro atoms. The second-order valence-electron chi connectivity index (χ2n) is 10.8. The molecule has 4 nitrogen and oxygen atoms in total. The molecule has 5 aliphatic rings. The number of rotatable bonds is 6. The van der Waals surface area contributed by atoms with Crippen LogP contribution in [0.5, 0.6) is 0 Å². The molecule has 1 N–H and O–H groups in total. The highest BCUT2D eigenvalue weighted by atomic mass is 35.5. The van der Waals surface area contributed by atoms with E-state index in [1.54, 1.807) is 0 Å². The summed E-state index contributed by atoms with van der Waals surface area (Å²) < 4.78 is 2.87. The van der Waals surface area contributed by atoms with Gasteiger partial charge >= 0.3 is 0 Å². The first kappa shape index (κ1) is 23.8. The number of nitrogens with zero attached hydrogens (tertiary/aromatic N) is 2. The molecular formula is C28H31ClN2O2S2. The van der Waals surface area contributed by atoms with Crippen LogP contribution < -0.4 is 0 Å². The van der Waals surface area contributed by atoms with E-state index in [0.717, 1.165) is 50.0 Å². The van der Waals surface area contributed by atoms with Crippen LogP contribution in [0.1, 0.15) is 49.8 Å². The molecule has 4 saturated carbocycles. The van der Waals surface area contributed by atoms with Gasteiger partial charge in [-0.1, -0.05) is 47.7 Å². The first-order chi connectivity index (χ1) is 16.9. The number of carbonyl (C=O) groups excluding carboxylic acids is 1. The Kier molecular flexibility index (Phi) is 6.36. The number of halogens is 1. The fourth-order valence-corrected chi connectivity index (χ4v) is 8.86. The number of hydrogen-bond acceptors (Lipinski definition) is 4. The van der Waals surface area contributed by atoms with Crippen LogP contribution in [0.25, 0.3) is 17.3 Å². The van der Waals surface area contributed by atoms with Gasteiger partial charge in [0, 0.05) is 36.1 Å². The molecule has 4 bridgehead atoms. The third kappa shape index (κ3) is 4.20. The Bertz CT molecular complexity index is 1170. The molecule has 7 rings (SSSR count). The minimum Gasteiger partial charge on any atom is -0.396 e. The Labute approximate surface area is 221 Å². The van der Waals surface area contributed by atoms with Gasteiger partial charge < -0.3 is 9.67 Å². The van der Waals surface area contributed by atoms with Crippen LogP contribution in [0.3, 0.4) is 0 Å². The lowest BCUT2D eigenvalue weighted by Gasteiger charge is -2.56. The van der Waals surface area contributed by atoms with E-state index in [9.17, 15) is 9.90 Å². The number of carbonyl (C=O) groups is 1. The number of benzene rings is 1. The summed E-state index contributed by atoms with van der Waals surface area (Å²) >= 11 is 13.4. The van der Waals surface area contributed by atoms with Gasteiger partial charge in [-0.2, -0.15) is 0 Å². The smallest absolute Gasteiger partial charge is 0.266 e. The summed E-state index contributed by atoms with van der Waals surface area (Å²) in [5.74, 6) is 3.04. The zero-order chi connectivity index (χ0) is 24.3. The summed E-state index contributed by atoms with van der Waals surface area (Å²) in [6.07, 6.45) is 9.92. The Morgan fingerprint density at radius 2 is 1.77 bits per heavy atom. The van der Waals surface area contributed by atoms with Gasteiger partial charge in [-0.05, 0) is 104 Å². The van der Waals surface area contributed by atoms with Crippen molar-refractivity contribution in [2.75, 3.05) is 6.61 Å². The van der Waals surface area contributed by atoms with Crippen molar-refractivity contribution in [1.29, 1.82) is 0 Å². The third-order valence-electron chi connectivity index (χ3n) is 8.67. The van der Waals surface area contributed by atoms with E-state index in [1.165, 1.54) is 43.9 Å². The van der Waals surface area contributed by atoms with Crippen molar-refractivity contribution in [1.82, 2.24) is 9.47 Å². The molecule has 1 saturated heterocycles. The number of amides is 1. The zero-order valence-corrected chi connectivity index (χ0v) is 22.3. The van der Waals surface area contributed by atoms with Gasteiger partial charge in [0.25, 0.3) is 5.91 Å². The van der Waals surface area contributed by atoms with Crippen LogP contribution in [0.2, 0.25) is 5.02 Å². The number of thioether (sulfide) groups is 1. The van der Waals surface area contributed by atoms with Crippen molar-refractivity contribution < 1.29 is 9.90 Å². The Hall–Kier alpha value is -1.60. The summed E-state index contributed by atoms with van der Waals surface area (Å²) in [6.45, 7) is 0.138. The summed E-state index contributed by atoms with van der Waals surface area (Å²) in [5, 5.41) is 10.2. The molecule has 2 heterocycles. The van der Waals surface area contributed by atoms with Crippen LogP contribution in [-0.4, -0.2) is 37.4 Å². The standard InChI is InChI=1S/C28H31ClN2O2S2/c1-30-23(18-4-6-22(29)7-5-18)14-19(3-2-8-32)24(30)15-25-27(33)31(28(34)35-25)26-20-10-16-9-17(12-20)13-21(26)11-16/h4-7,14-17,20-21,26,32H,2-3,8-13H2,1H3/b25-15-. The second-order valence-corrected chi connectivity index (χ2v) is 12.9. The van der Waals surface area contributed by atoms with Gasteiger partial charge in [-0.3, -0.25) is 9.69 Å². The van der Waals surface area contributed by atoms with Gasteiger partial charge in [0.2, 0.25) is 0 Å². The van der Waals surface area contributed by atoms with Crippen molar-refractivity contribution >= 4 is 51.9 Å². The molecule has 7 heteroatoms. The summed E-state index contributed by atoms with van der Waals surface area (Å²) in [7, 11) is 2.04. The Morgan fingerprint density at radius 3 is 2.40 bits per heavy atom. The lowest BCUT2D eigenvalue weighted by Crippen LogP contribution is -2.57. The van der Waals surface area contributed by atoms with Crippen LogP contribution in [0.15, 0.2) is 35.2 Å². The SMILES string of the molecule is Cn1c(-c2ccc(Cl)cc2)cc(CCCO)c1/C=C1\SC(=S)N(C2C3CC4CC(C3)CC2C4)C1=O. The fraction of sp³-hybridized carbons (Fsp3) is 0.500. The maximum Gasteiger partial charge on any atom is 0.266 e. The Balaban J connectivity index is 1.33. The van der Waals surface area contributed by atoms with Crippen molar-refractivity contribution in [2.45, 2.75) is 51.0 Å². The first-order valence-electron chi connectivity index (χ1n) is 12.8. The topological polar surface area (TPSA) is 45.5 Å². The predicted octanol–water partition coefficient (Wildman–Crippen LogP) is 6.30. The monoisotopic (exact) mass is 526 g/mol. The highest BCUT2D eigenvalue weighted by Gasteiger charge is 2.53. The molecule has 1 amide bonds. The molecule has 184 valence electrons. The van der Waals surface area contributed by atoms with E-state index in [4.69, 9.17) is 23.8 Å². The zero-order valence-electron chi connectivity index (χ0n) is 20.0. The minimum atomic E-state index is 0.0832. The molecule has 0 radical (unpaired) electrons. The van der Waals surface area contributed by atoms with Crippen molar-refractivity contribution in [2.24, 2.45) is 30.7 Å². The van der Waals surface area contributed by atoms with Gasteiger partial charge in [0.1, 0.15) is 4.32 Å². The highest BCUT2D eigenvalue weighted by Crippen LogP contribution is 2.56. The van der Waals surface area contributed by atoms with E-state index in [-0.39, 0.29) is 18.6 Å². The van der Waals surface area contributed by atoms with Crippen LogP contribution in [0.4, 0.5) is 0 Å². The maximum atomic E-state index is 13.8. The largest absolute Gasteiger partial charge is 0.396 e. The average Bonchev–Trinajstić information content (AvgIpc) is 3.28. The third-order valence-corrected chi connectivity index (χ3v) is 10.3. The molecule has 35 heavy (non-hydrogen) atoms. The summed E-state index contributed by atoms with van der Waals surface area (Å²) in [4.78, 5) is 16.5. The Morgan fingerprint density at radius 1 is 1.11 bits per heavy atom. The molecule has 0 unspecified atom stereocenters. The molecular weight excluding hydrogens is 496 g/mol. The van der Waals surface area contributed by atoms with E-state index >= 15 is 0 Å². The normalized spacial score (nSPS) is 30.8. The lowest BCUT2D eigenvalue weighted by molar-refractivity contribution is -0.130. The number of aromatic nitrogens is 1. The van der Waals surface area contributed by atoms with Crippen LogP contribution >= 0.6 is 35.6 Å². The molecule has 1 aromatic carbocycles. The second kappa shape index (κ2) is 9.37. The summed E-state index contributed by atoms with van der Waals surface area (Å²) in [6, 6.07) is 10.3. The molecule has 0 atom stereocenters. The molecule has 2 aromatic rings. The fourth-order valence-electron chi connectivity index (χ4n) is 7.42. The molecule has 1 aliphatic heterocycles. The van der Waals surface area contributed by atoms with Crippen molar-refractivity contribution in [3.8, 4) is 11.3 Å². The van der Waals surface area contributed by atoms with E-state index in [1.807, 2.05) is 42.3 Å². The number of aliphatic hydroxyl groups excluding tert-OH is 1. The predicted molar refractivity (Wildman–Crippen MR) is 147 cm³/mol. The number of hydrogen-bond donors (Lipinski definition) is 1. The molecule has 1 aromatic heterocycles. The van der Waals surface area contributed by atoms with Gasteiger partial charge in [-0.15, -0.1) is 0 Å².